The van der Waals surface area contributed by atoms with Gasteiger partial charge in [-0.05, 0) is 45.9 Å². The molecule has 12 nitrogen and oxygen atoms in total. The molecule has 3 aromatic rings. The smallest absolute Gasteiger partial charge is 0.409 e. The number of hydrogen-bond acceptors (Lipinski definition) is 11. The highest BCUT2D eigenvalue weighted by Crippen LogP contribution is 2.37. The van der Waals surface area contributed by atoms with Crippen molar-refractivity contribution in [1.82, 2.24) is 9.97 Å². The van der Waals surface area contributed by atoms with Crippen LogP contribution < -0.4 is 36.5 Å². The summed E-state index contributed by atoms with van der Waals surface area (Å²) in [5.41, 5.74) is 13.4. The van der Waals surface area contributed by atoms with E-state index >= 15 is 0 Å². The Hall–Kier alpha value is -3.97. The molecule has 0 fully saturated rings. The first-order valence-corrected chi connectivity index (χ1v) is 14.0. The molecule has 1 heterocycles. The molecule has 0 bridgehead atoms. The Balaban J connectivity index is 2.02. The second kappa shape index (κ2) is 12.3. The van der Waals surface area contributed by atoms with Crippen LogP contribution in [0.3, 0.4) is 0 Å². The van der Waals surface area contributed by atoms with Crippen LogP contribution in [0.25, 0.3) is 0 Å². The second-order valence-corrected chi connectivity index (χ2v) is 11.5. The topological polar surface area (TPSA) is 175 Å². The molecule has 0 spiro atoms. The molecule has 0 atom stereocenters. The maximum atomic E-state index is 13.0. The fraction of sp³-hybridized carbons (Fsp3) is 0.320. The number of hydrogen-bond donors (Lipinski definition) is 4. The average Bonchev–Trinajstić information content (AvgIpc) is 2.87. The first-order valence-electron chi connectivity index (χ1n) is 12.0. The van der Waals surface area contributed by atoms with Crippen molar-refractivity contribution in [3.63, 3.8) is 0 Å². The number of halogens is 1. The molecule has 14 heteroatoms. The molecule has 6 N–H and O–H groups in total. The highest BCUT2D eigenvalue weighted by molar-refractivity contribution is 7.92. The molecule has 1 aromatic heterocycles. The number of methoxy groups -OCH3 is 1. The van der Waals surface area contributed by atoms with E-state index in [4.69, 9.17) is 32.5 Å². The van der Waals surface area contributed by atoms with Crippen molar-refractivity contribution >= 4 is 62.0 Å². The summed E-state index contributed by atoms with van der Waals surface area (Å²) in [7, 11) is -2.21. The van der Waals surface area contributed by atoms with Crippen LogP contribution in [0.1, 0.15) is 27.7 Å². The van der Waals surface area contributed by atoms with E-state index in [0.717, 1.165) is 18.8 Å². The number of nitrogens with zero attached hydrogens (tertiary/aromatic N) is 3. The molecule has 0 saturated heterocycles. The number of primary amides is 1. The van der Waals surface area contributed by atoms with Crippen molar-refractivity contribution in [1.29, 1.82) is 0 Å². The number of carbonyl (C=O) groups excluding carboxylic acids is 1. The minimum atomic E-state index is -3.74. The fourth-order valence-corrected chi connectivity index (χ4v) is 5.06. The molecule has 210 valence electrons. The third-order valence-corrected chi connectivity index (χ3v) is 8.28. The van der Waals surface area contributed by atoms with Gasteiger partial charge in [-0.15, -0.1) is 0 Å². The van der Waals surface area contributed by atoms with Crippen LogP contribution in [-0.4, -0.2) is 49.9 Å². The van der Waals surface area contributed by atoms with Crippen molar-refractivity contribution in [2.24, 2.45) is 5.73 Å². The van der Waals surface area contributed by atoms with E-state index in [1.165, 1.54) is 31.5 Å². The Labute approximate surface area is 232 Å². The van der Waals surface area contributed by atoms with E-state index in [9.17, 15) is 13.2 Å². The summed E-state index contributed by atoms with van der Waals surface area (Å²) in [5, 5.41) is 5.38. The molecule has 0 saturated carbocycles. The summed E-state index contributed by atoms with van der Waals surface area (Å²) in [6.45, 7) is 8.71. The van der Waals surface area contributed by atoms with Crippen LogP contribution in [0.5, 0.6) is 11.5 Å². The second-order valence-electron chi connectivity index (χ2n) is 8.60. The zero-order chi connectivity index (χ0) is 28.9. The molecule has 0 aliphatic heterocycles. The van der Waals surface area contributed by atoms with E-state index in [-0.39, 0.29) is 33.1 Å². The molecule has 39 heavy (non-hydrogen) atoms. The first-order chi connectivity index (χ1) is 18.4. The molecule has 0 aliphatic rings. The van der Waals surface area contributed by atoms with Crippen LogP contribution in [0, 0.1) is 0 Å². The standard InChI is InChI=1S/C25H32ClN7O5S/c1-6-33(7-2)20-12-21(37-5)18(11-17(20)27)31-25-29-13-16(26)23(32-25)30-19-10-15(38-24(28)34)8-9-22(19)39(35,36)14(3)4/h8-14H,6-7,27H2,1-5H3,(H2,28,34)(H2,29,30,31,32). The summed E-state index contributed by atoms with van der Waals surface area (Å²) in [6.07, 6.45) is 0.298. The summed E-state index contributed by atoms with van der Waals surface area (Å²) in [4.78, 5) is 22.0. The monoisotopic (exact) mass is 577 g/mol. The summed E-state index contributed by atoms with van der Waals surface area (Å²) >= 11 is 6.35. The van der Waals surface area contributed by atoms with Gasteiger partial charge in [-0.1, -0.05) is 11.6 Å². The number of amides is 1. The van der Waals surface area contributed by atoms with Gasteiger partial charge < -0.3 is 36.5 Å². The predicted octanol–water partition coefficient (Wildman–Crippen LogP) is 4.69. The van der Waals surface area contributed by atoms with Gasteiger partial charge in [0.25, 0.3) is 0 Å². The lowest BCUT2D eigenvalue weighted by atomic mass is 10.2. The molecular weight excluding hydrogens is 546 g/mol. The largest absolute Gasteiger partial charge is 0.494 e. The average molecular weight is 578 g/mol. The van der Waals surface area contributed by atoms with Crippen LogP contribution in [0.15, 0.2) is 41.4 Å². The highest BCUT2D eigenvalue weighted by atomic mass is 35.5. The Morgan fingerprint density at radius 1 is 1.13 bits per heavy atom. The number of sulfone groups is 1. The Morgan fingerprint density at radius 3 is 2.41 bits per heavy atom. The van der Waals surface area contributed by atoms with Crippen LogP contribution >= 0.6 is 11.6 Å². The van der Waals surface area contributed by atoms with Gasteiger partial charge in [0.15, 0.2) is 15.7 Å². The zero-order valence-electron chi connectivity index (χ0n) is 22.3. The van der Waals surface area contributed by atoms with Crippen molar-refractivity contribution in [3.05, 3.63) is 41.6 Å². The third kappa shape index (κ3) is 6.73. The van der Waals surface area contributed by atoms with Crippen LogP contribution in [0.4, 0.5) is 39.3 Å². The predicted molar refractivity (Wildman–Crippen MR) is 154 cm³/mol. The van der Waals surface area contributed by atoms with Gasteiger partial charge in [-0.2, -0.15) is 4.98 Å². The maximum Gasteiger partial charge on any atom is 0.409 e. The van der Waals surface area contributed by atoms with Gasteiger partial charge in [0.2, 0.25) is 5.95 Å². The van der Waals surface area contributed by atoms with Gasteiger partial charge >= 0.3 is 6.09 Å². The van der Waals surface area contributed by atoms with Crippen molar-refractivity contribution < 1.29 is 22.7 Å². The minimum absolute atomic E-state index is 0.0322. The normalized spacial score (nSPS) is 11.3. The number of aromatic nitrogens is 2. The van der Waals surface area contributed by atoms with Gasteiger partial charge in [-0.3, -0.25) is 0 Å². The summed E-state index contributed by atoms with van der Waals surface area (Å²) in [5.74, 6) is 0.774. The molecule has 0 radical (unpaired) electrons. The molecule has 1 amide bonds. The van der Waals surface area contributed by atoms with Gasteiger partial charge in [0.1, 0.15) is 16.5 Å². The van der Waals surface area contributed by atoms with Crippen molar-refractivity contribution in [2.75, 3.05) is 41.5 Å². The molecule has 0 aliphatic carbocycles. The number of rotatable bonds is 11. The van der Waals surface area contributed by atoms with E-state index in [0.29, 0.717) is 17.1 Å². The molecule has 3 rings (SSSR count). The Kier molecular flexibility index (Phi) is 9.30. The van der Waals surface area contributed by atoms with Crippen molar-refractivity contribution in [3.8, 4) is 11.5 Å². The van der Waals surface area contributed by atoms with E-state index in [2.05, 4.69) is 25.5 Å². The van der Waals surface area contributed by atoms with E-state index in [1.54, 1.807) is 19.9 Å². The van der Waals surface area contributed by atoms with Crippen molar-refractivity contribution in [2.45, 2.75) is 37.8 Å². The van der Waals surface area contributed by atoms with E-state index in [1.807, 2.05) is 19.9 Å². The van der Waals surface area contributed by atoms with Gasteiger partial charge in [-0.25, -0.2) is 18.2 Å². The SMILES string of the molecule is CCN(CC)c1cc(OC)c(Nc2ncc(Cl)c(Nc3cc(OC(N)=O)ccc3S(=O)(=O)C(C)C)n2)cc1N. The van der Waals surface area contributed by atoms with Gasteiger partial charge in [0.05, 0.1) is 46.2 Å². The quantitative estimate of drug-likeness (QED) is 0.232. The lowest BCUT2D eigenvalue weighted by Crippen LogP contribution is -2.23. The number of nitrogens with two attached hydrogens (primary N) is 2. The lowest BCUT2D eigenvalue weighted by Gasteiger charge is -2.24. The number of nitrogens with one attached hydrogen (secondary N) is 2. The molecule has 2 aromatic carbocycles. The Bertz CT molecular complexity index is 1460. The lowest BCUT2D eigenvalue weighted by molar-refractivity contribution is 0.211. The summed E-state index contributed by atoms with van der Waals surface area (Å²) in [6, 6.07) is 7.51. The number of anilines is 6. The minimum Gasteiger partial charge on any atom is -0.494 e. The number of carbonyl (C=O) groups is 1. The zero-order valence-corrected chi connectivity index (χ0v) is 23.9. The maximum absolute atomic E-state index is 13.0. The van der Waals surface area contributed by atoms with Gasteiger partial charge in [0, 0.05) is 25.2 Å². The number of nitrogen functional groups attached to an aromatic ring is 1. The highest BCUT2D eigenvalue weighted by Gasteiger charge is 2.24. The summed E-state index contributed by atoms with van der Waals surface area (Å²) < 4.78 is 36.5. The fourth-order valence-electron chi connectivity index (χ4n) is 3.74. The number of ether oxygens (including phenoxy) is 2. The number of benzene rings is 2. The van der Waals surface area contributed by atoms with E-state index < -0.39 is 21.2 Å². The molecule has 0 unspecified atom stereocenters. The molecular formula is C25H32ClN7O5S. The first kappa shape index (κ1) is 29.6. The van der Waals surface area contributed by atoms with Crippen LogP contribution in [0.2, 0.25) is 5.02 Å². The Morgan fingerprint density at radius 2 is 1.82 bits per heavy atom. The van der Waals surface area contributed by atoms with Crippen LogP contribution in [-0.2, 0) is 9.84 Å². The third-order valence-electron chi connectivity index (χ3n) is 5.79.